The number of rotatable bonds is 4. The van der Waals surface area contributed by atoms with E-state index in [9.17, 15) is 4.79 Å². The van der Waals surface area contributed by atoms with Crippen LogP contribution in [-0.4, -0.2) is 53.9 Å². The molecule has 1 fully saturated rings. The highest BCUT2D eigenvalue weighted by Gasteiger charge is 2.38. The normalized spacial score (nSPS) is 26.6. The van der Waals surface area contributed by atoms with Crippen molar-refractivity contribution in [1.29, 1.82) is 0 Å². The Hall–Kier alpha value is -1.38. The minimum Gasteiger partial charge on any atom is -0.468 e. The summed E-state index contributed by atoms with van der Waals surface area (Å²) < 4.78 is 11.6. The highest BCUT2D eigenvalue weighted by molar-refractivity contribution is 9.10. The highest BCUT2D eigenvalue weighted by atomic mass is 79.9. The Labute approximate surface area is 144 Å². The monoisotopic (exact) mass is 386 g/mol. The smallest absolute Gasteiger partial charge is 0.322 e. The zero-order valence-corrected chi connectivity index (χ0v) is 15.3. The Morgan fingerprint density at radius 1 is 1.61 bits per heavy atom. The first-order chi connectivity index (χ1) is 10.8. The number of nitrogens with zero attached hydrogens (tertiary/aromatic N) is 2. The van der Waals surface area contributed by atoms with Crippen LogP contribution >= 0.6 is 15.9 Å². The summed E-state index contributed by atoms with van der Waals surface area (Å²) in [6.45, 7) is 6.39. The van der Waals surface area contributed by atoms with Crippen molar-refractivity contribution in [1.82, 2.24) is 9.88 Å². The molecule has 3 N–H and O–H groups in total. The quantitative estimate of drug-likeness (QED) is 0.762. The average molecular weight is 387 g/mol. The maximum Gasteiger partial charge on any atom is 0.322 e. The van der Waals surface area contributed by atoms with Gasteiger partial charge in [0.15, 0.2) is 0 Å². The SMILES string of the molecule is COC(=O)C(C)N1C[C@@H](C)O[C@@H](C)C1Nc1cc(Br)cnc1N. The van der Waals surface area contributed by atoms with E-state index in [4.69, 9.17) is 15.2 Å². The van der Waals surface area contributed by atoms with Crippen LogP contribution in [0.4, 0.5) is 11.5 Å². The number of carbonyl (C=O) groups excluding carboxylic acids is 1. The maximum absolute atomic E-state index is 12.0. The van der Waals surface area contributed by atoms with Gasteiger partial charge in [-0.15, -0.1) is 0 Å². The molecule has 0 saturated carbocycles. The van der Waals surface area contributed by atoms with Crippen molar-refractivity contribution in [2.75, 3.05) is 24.7 Å². The third-order valence-corrected chi connectivity index (χ3v) is 4.38. The number of nitrogen functional groups attached to an aromatic ring is 1. The summed E-state index contributed by atoms with van der Waals surface area (Å²) in [7, 11) is 1.39. The first kappa shape index (κ1) is 18.0. The first-order valence-electron chi connectivity index (χ1n) is 7.50. The predicted octanol–water partition coefficient (Wildman–Crippen LogP) is 1.83. The van der Waals surface area contributed by atoms with Gasteiger partial charge in [0.05, 0.1) is 25.0 Å². The van der Waals surface area contributed by atoms with Crippen molar-refractivity contribution in [3.63, 3.8) is 0 Å². The number of carbonyl (C=O) groups is 1. The fourth-order valence-corrected chi connectivity index (χ4v) is 3.13. The second-order valence-corrected chi connectivity index (χ2v) is 6.64. The minimum atomic E-state index is -0.396. The van der Waals surface area contributed by atoms with Crippen LogP contribution in [0.2, 0.25) is 0 Å². The molecule has 0 amide bonds. The van der Waals surface area contributed by atoms with E-state index in [-0.39, 0.29) is 24.3 Å². The zero-order chi connectivity index (χ0) is 17.1. The molecule has 8 heteroatoms. The maximum atomic E-state index is 12.0. The molecule has 0 radical (unpaired) electrons. The van der Waals surface area contributed by atoms with Gasteiger partial charge in [0, 0.05) is 17.2 Å². The van der Waals surface area contributed by atoms with Gasteiger partial charge in [0.25, 0.3) is 0 Å². The Balaban J connectivity index is 2.27. The van der Waals surface area contributed by atoms with E-state index in [2.05, 4.69) is 26.2 Å². The number of pyridine rings is 1. The summed E-state index contributed by atoms with van der Waals surface area (Å²) in [5.41, 5.74) is 6.63. The van der Waals surface area contributed by atoms with Crippen molar-refractivity contribution in [3.8, 4) is 0 Å². The summed E-state index contributed by atoms with van der Waals surface area (Å²) in [5.74, 6) is 0.114. The van der Waals surface area contributed by atoms with Crippen molar-refractivity contribution in [2.45, 2.75) is 45.2 Å². The number of ether oxygens (including phenoxy) is 2. The first-order valence-corrected chi connectivity index (χ1v) is 8.29. The van der Waals surface area contributed by atoms with E-state index in [0.717, 1.165) is 4.47 Å². The molecule has 1 aliphatic rings. The minimum absolute atomic E-state index is 0.0214. The Kier molecular flexibility index (Phi) is 5.83. The van der Waals surface area contributed by atoms with Crippen LogP contribution in [0.1, 0.15) is 20.8 Å². The third kappa shape index (κ3) is 4.13. The van der Waals surface area contributed by atoms with Crippen molar-refractivity contribution >= 4 is 33.4 Å². The van der Waals surface area contributed by atoms with Crippen molar-refractivity contribution < 1.29 is 14.3 Å². The van der Waals surface area contributed by atoms with Gasteiger partial charge >= 0.3 is 5.97 Å². The van der Waals surface area contributed by atoms with Crippen LogP contribution in [0.3, 0.4) is 0 Å². The molecule has 0 spiro atoms. The summed E-state index contributed by atoms with van der Waals surface area (Å²) in [4.78, 5) is 18.1. The lowest BCUT2D eigenvalue weighted by atomic mass is 10.1. The highest BCUT2D eigenvalue weighted by Crippen LogP contribution is 2.27. The van der Waals surface area contributed by atoms with Gasteiger partial charge in [-0.3, -0.25) is 9.69 Å². The molecule has 1 saturated heterocycles. The van der Waals surface area contributed by atoms with Crippen LogP contribution in [-0.2, 0) is 14.3 Å². The largest absolute Gasteiger partial charge is 0.468 e. The summed E-state index contributed by atoms with van der Waals surface area (Å²) in [6, 6.07) is 1.46. The van der Waals surface area contributed by atoms with Gasteiger partial charge in [-0.1, -0.05) is 0 Å². The summed E-state index contributed by atoms with van der Waals surface area (Å²) in [5, 5.41) is 3.35. The number of hydrogen-bond donors (Lipinski definition) is 2. The van der Waals surface area contributed by atoms with Gasteiger partial charge < -0.3 is 20.5 Å². The Bertz CT molecular complexity index is 572. The lowest BCUT2D eigenvalue weighted by Gasteiger charge is -2.45. The van der Waals surface area contributed by atoms with E-state index < -0.39 is 6.04 Å². The number of anilines is 2. The molecule has 1 aliphatic heterocycles. The molecule has 1 aromatic heterocycles. The molecule has 2 heterocycles. The van der Waals surface area contributed by atoms with Gasteiger partial charge in [0.2, 0.25) is 0 Å². The standard InChI is InChI=1S/C15H23BrN4O3/c1-8-7-20(9(2)15(21)22-4)14(10(3)23-8)19-12-5-11(16)6-18-13(12)17/h5-6,8-10,14,19H,7H2,1-4H3,(H2,17,18)/t8-,9?,10+,14?/m1/s1. The van der Waals surface area contributed by atoms with Crippen molar-refractivity contribution in [2.24, 2.45) is 0 Å². The average Bonchev–Trinajstić information content (AvgIpc) is 2.51. The number of methoxy groups -OCH3 is 1. The third-order valence-electron chi connectivity index (χ3n) is 3.95. The summed E-state index contributed by atoms with van der Waals surface area (Å²) >= 11 is 3.39. The van der Waals surface area contributed by atoms with Crippen molar-refractivity contribution in [3.05, 3.63) is 16.7 Å². The van der Waals surface area contributed by atoms with Gasteiger partial charge in [0.1, 0.15) is 18.0 Å². The summed E-state index contributed by atoms with van der Waals surface area (Å²) in [6.07, 6.45) is 1.30. The lowest BCUT2D eigenvalue weighted by molar-refractivity contribution is -0.156. The number of morpholine rings is 1. The molecular weight excluding hydrogens is 364 g/mol. The number of nitrogens with one attached hydrogen (secondary N) is 1. The molecule has 1 aromatic rings. The molecule has 2 rings (SSSR count). The fourth-order valence-electron chi connectivity index (χ4n) is 2.79. The van der Waals surface area contributed by atoms with Crippen LogP contribution in [0.25, 0.3) is 0 Å². The predicted molar refractivity (Wildman–Crippen MR) is 92.0 cm³/mol. The molecule has 7 nitrogen and oxygen atoms in total. The molecule has 4 atom stereocenters. The Morgan fingerprint density at radius 3 is 2.96 bits per heavy atom. The van der Waals surface area contributed by atoms with Crippen LogP contribution in [0, 0.1) is 0 Å². The molecule has 128 valence electrons. The van der Waals surface area contributed by atoms with Gasteiger partial charge in [-0.05, 0) is 42.8 Å². The zero-order valence-electron chi connectivity index (χ0n) is 13.7. The van der Waals surface area contributed by atoms with E-state index in [1.165, 1.54) is 7.11 Å². The Morgan fingerprint density at radius 2 is 2.30 bits per heavy atom. The fraction of sp³-hybridized carbons (Fsp3) is 0.600. The van der Waals surface area contributed by atoms with E-state index in [0.29, 0.717) is 18.1 Å². The molecule has 0 bridgehead atoms. The van der Waals surface area contributed by atoms with Crippen LogP contribution in [0.5, 0.6) is 0 Å². The van der Waals surface area contributed by atoms with Crippen LogP contribution < -0.4 is 11.1 Å². The van der Waals surface area contributed by atoms with E-state index >= 15 is 0 Å². The number of esters is 1. The molecule has 2 unspecified atom stereocenters. The van der Waals surface area contributed by atoms with E-state index in [1.807, 2.05) is 31.7 Å². The molecule has 0 aliphatic carbocycles. The molecule has 23 heavy (non-hydrogen) atoms. The van der Waals surface area contributed by atoms with Gasteiger partial charge in [-0.2, -0.15) is 0 Å². The second kappa shape index (κ2) is 7.46. The molecular formula is C15H23BrN4O3. The van der Waals surface area contributed by atoms with E-state index in [1.54, 1.807) is 6.20 Å². The topological polar surface area (TPSA) is 89.7 Å². The molecule has 0 aromatic carbocycles. The second-order valence-electron chi connectivity index (χ2n) is 5.72. The lowest BCUT2D eigenvalue weighted by Crippen LogP contribution is -2.61. The number of hydrogen-bond acceptors (Lipinski definition) is 7. The number of halogens is 1. The number of nitrogens with two attached hydrogens (primary N) is 1. The van der Waals surface area contributed by atoms with Gasteiger partial charge in [-0.25, -0.2) is 4.98 Å². The van der Waals surface area contributed by atoms with Crippen LogP contribution in [0.15, 0.2) is 16.7 Å². The number of aromatic nitrogens is 1.